The molecule has 8 nitrogen and oxygen atoms in total. The number of aliphatic hydroxyl groups is 1. The molecule has 0 amide bonds. The zero-order valence-electron chi connectivity index (χ0n) is 17.8. The molecule has 4 atom stereocenters. The number of rotatable bonds is 3. The number of carbonyl (C=O) groups is 3. The van der Waals surface area contributed by atoms with Crippen molar-refractivity contribution in [2.45, 2.75) is 37.3 Å². The number of aromatic nitrogens is 1. The van der Waals surface area contributed by atoms with Crippen molar-refractivity contribution in [2.24, 2.45) is 5.92 Å². The van der Waals surface area contributed by atoms with Crippen LogP contribution in [-0.4, -0.2) is 60.9 Å². The summed E-state index contributed by atoms with van der Waals surface area (Å²) in [6.45, 7) is 2.12. The summed E-state index contributed by atoms with van der Waals surface area (Å²) in [6, 6.07) is 6.76. The van der Waals surface area contributed by atoms with Crippen molar-refractivity contribution in [3.8, 4) is 0 Å². The van der Waals surface area contributed by atoms with Gasteiger partial charge in [0, 0.05) is 11.3 Å². The van der Waals surface area contributed by atoms with Gasteiger partial charge in [-0.05, 0) is 43.5 Å². The van der Waals surface area contributed by atoms with Gasteiger partial charge in [-0.3, -0.25) is 4.79 Å². The van der Waals surface area contributed by atoms with Crippen LogP contribution in [0.5, 0.6) is 0 Å². The van der Waals surface area contributed by atoms with Crippen molar-refractivity contribution >= 4 is 29.3 Å². The van der Waals surface area contributed by atoms with E-state index in [0.717, 1.165) is 17.2 Å². The molecule has 8 heteroatoms. The van der Waals surface area contributed by atoms with E-state index in [-0.39, 0.29) is 6.42 Å². The molecule has 4 unspecified atom stereocenters. The first-order valence-corrected chi connectivity index (χ1v) is 10.3. The second-order valence-electron chi connectivity index (χ2n) is 8.10. The molecule has 2 aromatic rings. The summed E-state index contributed by atoms with van der Waals surface area (Å²) >= 11 is 0. The van der Waals surface area contributed by atoms with Gasteiger partial charge in [-0.25, -0.2) is 9.36 Å². The molecular formula is C23H26N2O6. The summed E-state index contributed by atoms with van der Waals surface area (Å²) in [5.41, 5.74) is 1.04. The Hall–Kier alpha value is -2.97. The van der Waals surface area contributed by atoms with Crippen molar-refractivity contribution in [2.75, 3.05) is 20.8 Å². The monoisotopic (exact) mass is 426 g/mol. The number of para-hydroxylation sites is 1. The maximum absolute atomic E-state index is 13.6. The average Bonchev–Trinajstić information content (AvgIpc) is 3.02. The molecule has 0 spiro atoms. The predicted octanol–water partition coefficient (Wildman–Crippen LogP) is 1.71. The first-order chi connectivity index (χ1) is 14.9. The fourth-order valence-corrected chi connectivity index (χ4v) is 5.30. The summed E-state index contributed by atoms with van der Waals surface area (Å²) in [4.78, 5) is 38.5. The fourth-order valence-electron chi connectivity index (χ4n) is 5.30. The molecule has 31 heavy (non-hydrogen) atoms. The van der Waals surface area contributed by atoms with E-state index in [2.05, 4.69) is 5.32 Å². The van der Waals surface area contributed by atoms with Crippen LogP contribution in [0.1, 0.15) is 24.6 Å². The molecule has 2 heterocycles. The topological polar surface area (TPSA) is 107 Å². The average molecular weight is 426 g/mol. The third-order valence-corrected chi connectivity index (χ3v) is 6.48. The molecule has 0 saturated carbocycles. The largest absolute Gasteiger partial charge is 0.468 e. The minimum Gasteiger partial charge on any atom is -0.468 e. The lowest BCUT2D eigenvalue weighted by Crippen LogP contribution is -2.59. The smallest absolute Gasteiger partial charge is 0.418 e. The minimum absolute atomic E-state index is 0.109. The van der Waals surface area contributed by atoms with E-state index in [0.29, 0.717) is 29.7 Å². The van der Waals surface area contributed by atoms with Crippen LogP contribution in [0.3, 0.4) is 0 Å². The molecule has 0 saturated heterocycles. The van der Waals surface area contributed by atoms with Gasteiger partial charge in [-0.2, -0.15) is 0 Å². The molecule has 2 aliphatic rings. The van der Waals surface area contributed by atoms with E-state index in [9.17, 15) is 19.5 Å². The standard InChI is InChI=1S/C23H26N2O6/c1-13(27)17-10-14(12-26)11-23(21(28)30-2)19(17)24-9-8-16-15-6-4-5-7-18(15)25(20(16)23)22(29)31-3/h4-7,10,12-14,19,24,27H,8-9,11H2,1-3H3. The first kappa shape index (κ1) is 21.3. The quantitative estimate of drug-likeness (QED) is 0.437. The summed E-state index contributed by atoms with van der Waals surface area (Å²) in [6.07, 6.45) is 1.61. The van der Waals surface area contributed by atoms with E-state index in [1.807, 2.05) is 18.2 Å². The number of fused-ring (bicyclic) bond motifs is 5. The lowest BCUT2D eigenvalue weighted by Gasteiger charge is -2.44. The van der Waals surface area contributed by atoms with E-state index in [1.165, 1.54) is 18.8 Å². The van der Waals surface area contributed by atoms with Gasteiger partial charge >= 0.3 is 12.1 Å². The zero-order chi connectivity index (χ0) is 22.3. The Labute approximate surface area is 179 Å². The van der Waals surface area contributed by atoms with Gasteiger partial charge < -0.3 is 24.7 Å². The van der Waals surface area contributed by atoms with Crippen molar-refractivity contribution in [1.82, 2.24) is 9.88 Å². The Morgan fingerprint density at radius 1 is 1.29 bits per heavy atom. The Morgan fingerprint density at radius 2 is 2.03 bits per heavy atom. The van der Waals surface area contributed by atoms with Crippen LogP contribution in [0.2, 0.25) is 0 Å². The van der Waals surface area contributed by atoms with E-state index < -0.39 is 35.5 Å². The Bertz CT molecular complexity index is 1090. The number of carbonyl (C=O) groups excluding carboxylic acids is 3. The Balaban J connectivity index is 2.16. The summed E-state index contributed by atoms with van der Waals surface area (Å²) in [5, 5.41) is 14.8. The number of hydrogen-bond acceptors (Lipinski definition) is 7. The molecule has 2 N–H and O–H groups in total. The summed E-state index contributed by atoms with van der Waals surface area (Å²) in [7, 11) is 2.58. The maximum atomic E-state index is 13.6. The highest BCUT2D eigenvalue weighted by atomic mass is 16.5. The molecule has 1 aromatic carbocycles. The molecule has 0 radical (unpaired) electrons. The molecule has 0 bridgehead atoms. The van der Waals surface area contributed by atoms with Crippen LogP contribution in [0.4, 0.5) is 4.79 Å². The number of nitrogens with one attached hydrogen (secondary N) is 1. The van der Waals surface area contributed by atoms with Crippen LogP contribution < -0.4 is 5.32 Å². The zero-order valence-corrected chi connectivity index (χ0v) is 17.8. The number of methoxy groups -OCH3 is 2. The molecule has 0 fully saturated rings. The second kappa shape index (κ2) is 7.94. The van der Waals surface area contributed by atoms with Gasteiger partial charge in [0.1, 0.15) is 11.7 Å². The van der Waals surface area contributed by atoms with Gasteiger partial charge in [-0.1, -0.05) is 24.3 Å². The minimum atomic E-state index is -1.40. The van der Waals surface area contributed by atoms with E-state index >= 15 is 0 Å². The third-order valence-electron chi connectivity index (χ3n) is 6.48. The van der Waals surface area contributed by atoms with Crippen LogP contribution in [0.25, 0.3) is 10.9 Å². The number of allylic oxidation sites excluding steroid dienone is 1. The molecule has 1 aliphatic heterocycles. The number of aliphatic hydroxyl groups excluding tert-OH is 1. The molecule has 164 valence electrons. The Kier molecular flexibility index (Phi) is 5.45. The van der Waals surface area contributed by atoms with Crippen molar-refractivity contribution in [3.05, 3.63) is 47.2 Å². The molecule has 1 aliphatic carbocycles. The molecule has 1 aromatic heterocycles. The highest BCUT2D eigenvalue weighted by molar-refractivity contribution is 5.98. The number of aldehydes is 1. The van der Waals surface area contributed by atoms with Crippen LogP contribution >= 0.6 is 0 Å². The van der Waals surface area contributed by atoms with Crippen LogP contribution in [-0.2, 0) is 30.9 Å². The summed E-state index contributed by atoms with van der Waals surface area (Å²) < 4.78 is 11.8. The number of ether oxygens (including phenoxy) is 2. The molecular weight excluding hydrogens is 400 g/mol. The van der Waals surface area contributed by atoms with Crippen LogP contribution in [0.15, 0.2) is 35.9 Å². The van der Waals surface area contributed by atoms with Gasteiger partial charge in [0.2, 0.25) is 0 Å². The van der Waals surface area contributed by atoms with Gasteiger partial charge in [0.15, 0.2) is 0 Å². The number of hydrogen-bond donors (Lipinski definition) is 2. The SMILES string of the molecule is COC(=O)n1c2c(c3ccccc31)CCNC1C(C(C)O)=CC(C=O)CC21C(=O)OC. The third kappa shape index (κ3) is 3.01. The van der Waals surface area contributed by atoms with Crippen LogP contribution in [0, 0.1) is 5.92 Å². The van der Waals surface area contributed by atoms with Gasteiger partial charge in [0.05, 0.1) is 37.6 Å². The number of esters is 1. The second-order valence-corrected chi connectivity index (χ2v) is 8.10. The number of benzene rings is 1. The lowest BCUT2D eigenvalue weighted by molar-refractivity contribution is -0.150. The Morgan fingerprint density at radius 3 is 2.68 bits per heavy atom. The van der Waals surface area contributed by atoms with Gasteiger partial charge in [-0.15, -0.1) is 0 Å². The molecule has 4 rings (SSSR count). The highest BCUT2D eigenvalue weighted by Gasteiger charge is 2.57. The predicted molar refractivity (Wildman–Crippen MR) is 113 cm³/mol. The van der Waals surface area contributed by atoms with E-state index in [1.54, 1.807) is 19.1 Å². The fraction of sp³-hybridized carbons (Fsp3) is 0.435. The highest BCUT2D eigenvalue weighted by Crippen LogP contribution is 2.48. The van der Waals surface area contributed by atoms with Crippen molar-refractivity contribution in [1.29, 1.82) is 0 Å². The van der Waals surface area contributed by atoms with Crippen molar-refractivity contribution < 1.29 is 29.0 Å². The normalized spacial score (nSPS) is 26.1. The lowest BCUT2D eigenvalue weighted by atomic mass is 9.63. The number of nitrogens with zero attached hydrogens (tertiary/aromatic N) is 1. The van der Waals surface area contributed by atoms with Crippen molar-refractivity contribution in [3.63, 3.8) is 0 Å². The summed E-state index contributed by atoms with van der Waals surface area (Å²) in [5.74, 6) is -1.20. The van der Waals surface area contributed by atoms with E-state index in [4.69, 9.17) is 9.47 Å². The first-order valence-electron chi connectivity index (χ1n) is 10.3. The maximum Gasteiger partial charge on any atom is 0.418 e. The van der Waals surface area contributed by atoms with Gasteiger partial charge in [0.25, 0.3) is 0 Å².